The highest BCUT2D eigenvalue weighted by atomic mass is 19.4. The Morgan fingerprint density at radius 2 is 1.15 bits per heavy atom. The minimum absolute atomic E-state index is 0.685. The number of hydrogen-bond acceptors (Lipinski definition) is 10. The molecule has 0 saturated carbocycles. The van der Waals surface area contributed by atoms with Crippen LogP contribution in [-0.4, -0.2) is 130 Å². The summed E-state index contributed by atoms with van der Waals surface area (Å²) in [5.41, 5.74) is 2.32. The highest BCUT2D eigenvalue weighted by molar-refractivity contribution is 5.74. The number of aliphatic carboxylic acids is 4. The Morgan fingerprint density at radius 3 is 1.55 bits per heavy atom. The third-order valence-electron chi connectivity index (χ3n) is 5.83. The van der Waals surface area contributed by atoms with Crippen LogP contribution in [0.25, 0.3) is 0 Å². The minimum Gasteiger partial charge on any atom is -0.476 e. The summed E-state index contributed by atoms with van der Waals surface area (Å²) in [5.74, 6) is -9.20. The van der Waals surface area contributed by atoms with Crippen LogP contribution in [0.2, 0.25) is 0 Å². The smallest absolute Gasteiger partial charge is 0.476 e. The summed E-state index contributed by atoms with van der Waals surface area (Å²) in [4.78, 5) is 49.6. The van der Waals surface area contributed by atoms with Gasteiger partial charge in [0.25, 0.3) is 0 Å². The summed E-state index contributed by atoms with van der Waals surface area (Å²) < 4.78 is 133. The van der Waals surface area contributed by atoms with Crippen molar-refractivity contribution in [3.63, 3.8) is 0 Å². The van der Waals surface area contributed by atoms with E-state index >= 15 is 0 Å². The van der Waals surface area contributed by atoms with Crippen LogP contribution >= 0.6 is 0 Å². The maximum atomic E-state index is 10.6. The average Bonchev–Trinajstić information content (AvgIpc) is 3.29. The molecule has 1 fully saturated rings. The number of rotatable bonds is 4. The van der Waals surface area contributed by atoms with Crippen molar-refractivity contribution in [3.05, 3.63) is 47.8 Å². The van der Waals surface area contributed by atoms with Crippen LogP contribution in [0.5, 0.6) is 5.88 Å². The van der Waals surface area contributed by atoms with Gasteiger partial charge in [-0.2, -0.15) is 57.7 Å². The van der Waals surface area contributed by atoms with E-state index < -0.39 is 48.6 Å². The summed E-state index contributed by atoms with van der Waals surface area (Å²) in [5, 5.41) is 31.8. The van der Waals surface area contributed by atoms with E-state index in [0.717, 1.165) is 69.5 Å². The number of carboxylic acids is 4. The van der Waals surface area contributed by atoms with Gasteiger partial charge in [-0.05, 0) is 24.3 Å². The number of nitrogens with one attached hydrogen (secondary N) is 1. The Labute approximate surface area is 289 Å². The van der Waals surface area contributed by atoms with Crippen molar-refractivity contribution in [2.75, 3.05) is 50.8 Å². The van der Waals surface area contributed by atoms with E-state index in [9.17, 15) is 52.7 Å². The average molecular weight is 796 g/mol. The normalized spacial score (nSPS) is 14.6. The first kappa shape index (κ1) is 47.9. The highest BCUT2D eigenvalue weighted by Crippen LogP contribution is 2.23. The number of halogens is 12. The number of carboxylic acid groups (broad SMARTS) is 4. The molecule has 0 atom stereocenters. The second-order valence-corrected chi connectivity index (χ2v) is 9.77. The van der Waals surface area contributed by atoms with Gasteiger partial charge < -0.3 is 35.4 Å². The zero-order valence-electron chi connectivity index (χ0n) is 26.5. The number of carbonyl (C=O) groups is 4. The van der Waals surface area contributed by atoms with Gasteiger partial charge in [0.1, 0.15) is 12.4 Å². The third kappa shape index (κ3) is 21.1. The van der Waals surface area contributed by atoms with Gasteiger partial charge in [-0.3, -0.25) is 9.88 Å². The van der Waals surface area contributed by atoms with Crippen molar-refractivity contribution < 1.29 is 97.0 Å². The second kappa shape index (κ2) is 21.4. The second-order valence-electron chi connectivity index (χ2n) is 9.77. The first-order valence-electron chi connectivity index (χ1n) is 14.1. The van der Waals surface area contributed by atoms with Gasteiger partial charge in [-0.1, -0.05) is 6.07 Å². The van der Waals surface area contributed by atoms with E-state index in [-0.39, 0.29) is 0 Å². The summed E-state index contributed by atoms with van der Waals surface area (Å²) in [6.07, 6.45) is -17.5. The Kier molecular flexibility index (Phi) is 19.3. The molecule has 5 N–H and O–H groups in total. The minimum atomic E-state index is -5.08. The van der Waals surface area contributed by atoms with Crippen LogP contribution in [0, 0.1) is 0 Å². The maximum absolute atomic E-state index is 10.6. The quantitative estimate of drug-likeness (QED) is 0.279. The molecule has 2 aliphatic rings. The van der Waals surface area contributed by atoms with Gasteiger partial charge in [-0.25, -0.2) is 19.2 Å². The molecule has 0 aliphatic carbocycles. The number of anilines is 1. The number of piperazine rings is 1. The van der Waals surface area contributed by atoms with Crippen molar-refractivity contribution >= 4 is 29.7 Å². The Balaban J connectivity index is 0.000000791. The van der Waals surface area contributed by atoms with Gasteiger partial charge in [0.05, 0.1) is 0 Å². The van der Waals surface area contributed by atoms with E-state index in [1.807, 2.05) is 12.3 Å². The topological polar surface area (TPSA) is 203 Å². The lowest BCUT2D eigenvalue weighted by Crippen LogP contribution is -2.47. The molecule has 0 unspecified atom stereocenters. The van der Waals surface area contributed by atoms with Gasteiger partial charge in [0, 0.05) is 69.7 Å². The van der Waals surface area contributed by atoms with Crippen LogP contribution in [-0.2, 0) is 32.1 Å². The lowest BCUT2D eigenvalue weighted by molar-refractivity contribution is -0.193. The molecule has 14 nitrogen and oxygen atoms in total. The summed E-state index contributed by atoms with van der Waals surface area (Å²) >= 11 is 0. The van der Waals surface area contributed by atoms with Gasteiger partial charge in [-0.15, -0.1) is 0 Å². The summed E-state index contributed by atoms with van der Waals surface area (Å²) in [6, 6.07) is 10.4. The molecule has 0 bridgehead atoms. The molecule has 1 saturated heterocycles. The molecular weight excluding hydrogens is 766 g/mol. The highest BCUT2D eigenvalue weighted by Gasteiger charge is 2.40. The number of hydrogen-bond donors (Lipinski definition) is 5. The van der Waals surface area contributed by atoms with E-state index in [1.54, 1.807) is 0 Å². The predicted octanol–water partition coefficient (Wildman–Crippen LogP) is 3.86. The van der Waals surface area contributed by atoms with E-state index in [1.165, 1.54) is 5.69 Å². The first-order chi connectivity index (χ1) is 24.2. The lowest BCUT2D eigenvalue weighted by Gasteiger charge is -2.35. The Morgan fingerprint density at radius 1 is 0.698 bits per heavy atom. The molecular formula is C27H29F12N5O9. The molecule has 53 heavy (non-hydrogen) atoms. The fourth-order valence-corrected chi connectivity index (χ4v) is 3.36. The molecule has 2 aromatic heterocycles. The fourth-order valence-electron chi connectivity index (χ4n) is 3.36. The van der Waals surface area contributed by atoms with Gasteiger partial charge >= 0.3 is 48.6 Å². The van der Waals surface area contributed by atoms with Crippen molar-refractivity contribution in [2.45, 2.75) is 37.7 Å². The molecule has 0 spiro atoms. The van der Waals surface area contributed by atoms with E-state index in [4.69, 9.17) is 49.3 Å². The van der Waals surface area contributed by atoms with Crippen molar-refractivity contribution in [1.29, 1.82) is 0 Å². The van der Waals surface area contributed by atoms with Crippen LogP contribution in [0.3, 0.4) is 0 Å². The fraction of sp³-hybridized carbons (Fsp3) is 0.481. The summed E-state index contributed by atoms with van der Waals surface area (Å²) in [6.45, 7) is 7.60. The molecule has 300 valence electrons. The number of pyridine rings is 2. The third-order valence-corrected chi connectivity index (χ3v) is 5.83. The SMILES string of the molecule is O=C(O)C(F)(F)F.O=C(O)C(F)(F)F.O=C(O)C(F)(F)F.O=C(O)C(F)(F)F.c1ccc(CCN2CCN(c3ccc4c(n3)OCCNC4)CC2)nc1. The number of nitrogens with zero attached hydrogens (tertiary/aromatic N) is 4. The monoisotopic (exact) mass is 795 g/mol. The molecule has 0 radical (unpaired) electrons. The summed E-state index contributed by atoms with van der Waals surface area (Å²) in [7, 11) is 0. The predicted molar refractivity (Wildman–Crippen MR) is 153 cm³/mol. The zero-order chi connectivity index (χ0) is 41.2. The maximum Gasteiger partial charge on any atom is 0.490 e. The van der Waals surface area contributed by atoms with Crippen LogP contribution < -0.4 is 15.0 Å². The van der Waals surface area contributed by atoms with E-state index in [0.29, 0.717) is 6.61 Å². The molecule has 2 aliphatic heterocycles. The first-order valence-corrected chi connectivity index (χ1v) is 14.1. The van der Waals surface area contributed by atoms with Crippen molar-refractivity contribution in [1.82, 2.24) is 20.2 Å². The number of aromatic nitrogens is 2. The molecule has 0 amide bonds. The van der Waals surface area contributed by atoms with Crippen LogP contribution in [0.4, 0.5) is 58.5 Å². The molecule has 4 heterocycles. The Bertz CT molecular complexity index is 1350. The van der Waals surface area contributed by atoms with Gasteiger partial charge in [0.2, 0.25) is 5.88 Å². The van der Waals surface area contributed by atoms with Crippen molar-refractivity contribution in [2.24, 2.45) is 0 Å². The number of ether oxygens (including phenoxy) is 1. The molecule has 4 rings (SSSR count). The van der Waals surface area contributed by atoms with Crippen LogP contribution in [0.15, 0.2) is 36.5 Å². The molecule has 0 aromatic carbocycles. The standard InChI is InChI=1S/C19H25N5O.4C2HF3O2/c1-2-7-21-17(3-1)6-9-23-10-12-24(13-11-23)18-5-4-16-15-20-8-14-25-19(16)22-18;4*3-2(4,5)1(6)7/h1-5,7,20H,6,8-15H2;4*(H,6,7). The molecule has 2 aromatic rings. The number of alkyl halides is 12. The van der Waals surface area contributed by atoms with Crippen LogP contribution in [0.1, 0.15) is 11.3 Å². The molecule has 26 heteroatoms. The van der Waals surface area contributed by atoms with E-state index in [2.05, 4.69) is 44.4 Å². The lowest BCUT2D eigenvalue weighted by atomic mass is 10.2. The number of fused-ring (bicyclic) bond motifs is 1. The largest absolute Gasteiger partial charge is 0.490 e. The van der Waals surface area contributed by atoms with Gasteiger partial charge in [0.15, 0.2) is 0 Å². The van der Waals surface area contributed by atoms with Crippen molar-refractivity contribution in [3.8, 4) is 5.88 Å². The zero-order valence-corrected chi connectivity index (χ0v) is 26.5. The Hall–Kier alpha value is -5.14.